The van der Waals surface area contributed by atoms with Crippen molar-refractivity contribution in [2.75, 3.05) is 25.0 Å². The van der Waals surface area contributed by atoms with Gasteiger partial charge in [0.15, 0.2) is 6.61 Å². The molecule has 7 nitrogen and oxygen atoms in total. The van der Waals surface area contributed by atoms with Crippen molar-refractivity contribution in [1.82, 2.24) is 10.2 Å². The molecule has 0 saturated carbocycles. The fourth-order valence-electron chi connectivity index (χ4n) is 3.52. The summed E-state index contributed by atoms with van der Waals surface area (Å²) < 4.78 is 19.1. The van der Waals surface area contributed by atoms with Gasteiger partial charge < -0.3 is 20.3 Å². The Kier molecular flexibility index (Phi) is 5.16. The van der Waals surface area contributed by atoms with E-state index in [1.165, 1.54) is 12.1 Å². The van der Waals surface area contributed by atoms with E-state index in [1.807, 2.05) is 0 Å². The second-order valence-corrected chi connectivity index (χ2v) is 7.07. The number of hydrogen-bond acceptors (Lipinski definition) is 4. The van der Waals surface area contributed by atoms with Crippen molar-refractivity contribution in [3.8, 4) is 5.75 Å². The van der Waals surface area contributed by atoms with Gasteiger partial charge in [-0.25, -0.2) is 4.39 Å². The monoisotopic (exact) mass is 397 g/mol. The minimum absolute atomic E-state index is 0.0390. The molecular weight excluding hydrogens is 377 g/mol. The Morgan fingerprint density at radius 2 is 1.90 bits per heavy atom. The maximum Gasteiger partial charge on any atom is 0.262 e. The van der Waals surface area contributed by atoms with Gasteiger partial charge in [-0.05, 0) is 43.2 Å². The Bertz CT molecular complexity index is 970. The van der Waals surface area contributed by atoms with E-state index in [4.69, 9.17) is 4.74 Å². The Morgan fingerprint density at radius 3 is 2.66 bits per heavy atom. The molecule has 150 valence electrons. The average molecular weight is 397 g/mol. The second-order valence-electron chi connectivity index (χ2n) is 7.07. The van der Waals surface area contributed by atoms with E-state index in [0.29, 0.717) is 42.9 Å². The molecule has 0 bridgehead atoms. The van der Waals surface area contributed by atoms with Gasteiger partial charge in [0.2, 0.25) is 0 Å². The van der Waals surface area contributed by atoms with Gasteiger partial charge in [0, 0.05) is 24.7 Å². The van der Waals surface area contributed by atoms with E-state index in [2.05, 4.69) is 10.6 Å². The second kappa shape index (κ2) is 7.90. The summed E-state index contributed by atoms with van der Waals surface area (Å²) in [6, 6.07) is 10.7. The van der Waals surface area contributed by atoms with E-state index in [1.54, 1.807) is 35.2 Å². The number of ether oxygens (including phenoxy) is 1. The van der Waals surface area contributed by atoms with E-state index in [9.17, 15) is 18.8 Å². The predicted molar refractivity (Wildman–Crippen MR) is 103 cm³/mol. The van der Waals surface area contributed by atoms with Crippen LogP contribution in [-0.4, -0.2) is 48.4 Å². The lowest BCUT2D eigenvalue weighted by Crippen LogP contribution is -2.46. The van der Waals surface area contributed by atoms with E-state index < -0.39 is 5.82 Å². The first-order valence-electron chi connectivity index (χ1n) is 9.42. The standard InChI is InChI=1S/C21H20FN3O4/c22-16-4-2-1-3-15(16)21(28)25-9-7-14(8-10-25)23-20(27)13-5-6-18-17(11-13)24-19(26)12-29-18/h1-6,11,14H,7-10,12H2,(H,23,27)(H,24,26). The summed E-state index contributed by atoms with van der Waals surface area (Å²) in [6.07, 6.45) is 1.16. The number of amides is 3. The molecule has 2 aromatic carbocycles. The summed E-state index contributed by atoms with van der Waals surface area (Å²) in [4.78, 5) is 38.1. The number of anilines is 1. The molecule has 4 rings (SSSR count). The molecule has 2 N–H and O–H groups in total. The van der Waals surface area contributed by atoms with Crippen LogP contribution in [0.1, 0.15) is 33.6 Å². The molecule has 29 heavy (non-hydrogen) atoms. The van der Waals surface area contributed by atoms with Crippen molar-refractivity contribution < 1.29 is 23.5 Å². The topological polar surface area (TPSA) is 87.7 Å². The maximum atomic E-state index is 13.8. The van der Waals surface area contributed by atoms with Crippen molar-refractivity contribution in [2.24, 2.45) is 0 Å². The fraction of sp³-hybridized carbons (Fsp3) is 0.286. The highest BCUT2D eigenvalue weighted by atomic mass is 19.1. The number of nitrogens with zero attached hydrogens (tertiary/aromatic N) is 1. The van der Waals surface area contributed by atoms with Crippen LogP contribution in [-0.2, 0) is 4.79 Å². The van der Waals surface area contributed by atoms with Gasteiger partial charge in [0.1, 0.15) is 11.6 Å². The van der Waals surface area contributed by atoms with Crippen molar-refractivity contribution in [2.45, 2.75) is 18.9 Å². The van der Waals surface area contributed by atoms with Gasteiger partial charge >= 0.3 is 0 Å². The molecule has 1 saturated heterocycles. The molecule has 0 aromatic heterocycles. The first kappa shape index (κ1) is 18.9. The number of piperidine rings is 1. The molecule has 0 radical (unpaired) electrons. The molecule has 0 unspecified atom stereocenters. The molecule has 2 aromatic rings. The maximum absolute atomic E-state index is 13.8. The number of rotatable bonds is 3. The van der Waals surface area contributed by atoms with Crippen LogP contribution in [0.2, 0.25) is 0 Å². The molecular formula is C21H20FN3O4. The molecule has 0 spiro atoms. The average Bonchev–Trinajstić information content (AvgIpc) is 2.73. The summed E-state index contributed by atoms with van der Waals surface area (Å²) in [5, 5.41) is 5.64. The van der Waals surface area contributed by atoms with Crippen LogP contribution >= 0.6 is 0 Å². The third-order valence-corrected chi connectivity index (χ3v) is 5.10. The van der Waals surface area contributed by atoms with Gasteiger partial charge in [-0.2, -0.15) is 0 Å². The highest BCUT2D eigenvalue weighted by Crippen LogP contribution is 2.28. The molecule has 3 amide bonds. The third kappa shape index (κ3) is 4.06. The normalized spacial score (nSPS) is 16.4. The number of likely N-dealkylation sites (tertiary alicyclic amines) is 1. The van der Waals surface area contributed by atoms with Crippen LogP contribution in [0.4, 0.5) is 10.1 Å². The molecule has 0 atom stereocenters. The molecule has 2 heterocycles. The molecule has 2 aliphatic heterocycles. The Hall–Kier alpha value is -3.42. The van der Waals surface area contributed by atoms with Gasteiger partial charge in [-0.15, -0.1) is 0 Å². The van der Waals surface area contributed by atoms with Crippen molar-refractivity contribution in [1.29, 1.82) is 0 Å². The van der Waals surface area contributed by atoms with E-state index >= 15 is 0 Å². The summed E-state index contributed by atoms with van der Waals surface area (Å²) in [6.45, 7) is 0.834. The van der Waals surface area contributed by atoms with E-state index in [0.717, 1.165) is 0 Å². The van der Waals surface area contributed by atoms with Crippen molar-refractivity contribution >= 4 is 23.4 Å². The zero-order chi connectivity index (χ0) is 20.4. The molecule has 0 aliphatic carbocycles. The Balaban J connectivity index is 1.34. The molecule has 1 fully saturated rings. The number of nitrogens with one attached hydrogen (secondary N) is 2. The lowest BCUT2D eigenvalue weighted by molar-refractivity contribution is -0.118. The number of carbonyl (C=O) groups is 3. The van der Waals surface area contributed by atoms with Crippen LogP contribution in [0.15, 0.2) is 42.5 Å². The fourth-order valence-corrected chi connectivity index (χ4v) is 3.52. The van der Waals surface area contributed by atoms with Gasteiger partial charge in [0.25, 0.3) is 17.7 Å². The number of benzene rings is 2. The largest absolute Gasteiger partial charge is 0.482 e. The summed E-state index contributed by atoms with van der Waals surface area (Å²) in [5.74, 6) is -0.857. The van der Waals surface area contributed by atoms with Crippen LogP contribution in [0.3, 0.4) is 0 Å². The van der Waals surface area contributed by atoms with Gasteiger partial charge in [-0.3, -0.25) is 14.4 Å². The smallest absolute Gasteiger partial charge is 0.262 e. The molecule has 2 aliphatic rings. The highest BCUT2D eigenvalue weighted by Gasteiger charge is 2.26. The minimum Gasteiger partial charge on any atom is -0.482 e. The predicted octanol–water partition coefficient (Wildman–Crippen LogP) is 2.19. The van der Waals surface area contributed by atoms with Crippen LogP contribution in [0, 0.1) is 5.82 Å². The van der Waals surface area contributed by atoms with E-state index in [-0.39, 0.29) is 35.9 Å². The number of halogens is 1. The summed E-state index contributed by atoms with van der Waals surface area (Å²) >= 11 is 0. The Morgan fingerprint density at radius 1 is 1.14 bits per heavy atom. The van der Waals surface area contributed by atoms with Crippen molar-refractivity contribution in [3.63, 3.8) is 0 Å². The highest BCUT2D eigenvalue weighted by molar-refractivity contribution is 6.00. The quantitative estimate of drug-likeness (QED) is 0.831. The SMILES string of the molecule is O=C1COc2ccc(C(=O)NC3CCN(C(=O)c4ccccc4F)CC3)cc2N1. The van der Waals surface area contributed by atoms with Crippen molar-refractivity contribution in [3.05, 3.63) is 59.4 Å². The van der Waals surface area contributed by atoms with Crippen LogP contribution in [0.25, 0.3) is 0 Å². The Labute approximate surface area is 166 Å². The summed E-state index contributed by atoms with van der Waals surface area (Å²) in [5.41, 5.74) is 0.951. The number of hydrogen-bond donors (Lipinski definition) is 2. The third-order valence-electron chi connectivity index (χ3n) is 5.10. The first-order chi connectivity index (χ1) is 14.0. The zero-order valence-corrected chi connectivity index (χ0v) is 15.6. The van der Waals surface area contributed by atoms with Crippen LogP contribution < -0.4 is 15.4 Å². The minimum atomic E-state index is -0.531. The molecule has 8 heteroatoms. The lowest BCUT2D eigenvalue weighted by atomic mass is 10.0. The van der Waals surface area contributed by atoms with Crippen LogP contribution in [0.5, 0.6) is 5.75 Å². The first-order valence-corrected chi connectivity index (χ1v) is 9.42. The zero-order valence-electron chi connectivity index (χ0n) is 15.6. The number of carbonyl (C=O) groups excluding carboxylic acids is 3. The number of fused-ring (bicyclic) bond motifs is 1. The van der Waals surface area contributed by atoms with Gasteiger partial charge in [-0.1, -0.05) is 12.1 Å². The summed E-state index contributed by atoms with van der Waals surface area (Å²) in [7, 11) is 0. The lowest BCUT2D eigenvalue weighted by Gasteiger charge is -2.32. The van der Waals surface area contributed by atoms with Gasteiger partial charge in [0.05, 0.1) is 11.3 Å².